The number of benzene rings is 2. The number of carboxylic acids is 2. The molecule has 37 heavy (non-hydrogen) atoms. The summed E-state index contributed by atoms with van der Waals surface area (Å²) in [5.41, 5.74) is 1.75. The monoisotopic (exact) mass is 530 g/mol. The standard InChI is InChI=1S/C22H26N2O4S.C4H4O4/c1-15(25)28-20-21(16-9-11-17(27-4)12-10-16)29-19-8-6-5-7-18(19)24(22(20)26)14-13-23(2)3;5-3(6)1-2-4(7)8/h5-12,20-21H,13-14H2,1-4H3;1-2H,(H,5,6)(H,7,8)/t20-,21+;/m1./s1. The van der Waals surface area contributed by atoms with E-state index in [4.69, 9.17) is 19.7 Å². The molecule has 11 heteroatoms. The third-order valence-corrected chi connectivity index (χ3v) is 6.44. The molecule has 0 saturated carbocycles. The Labute approximate surface area is 219 Å². The van der Waals surface area contributed by atoms with E-state index >= 15 is 0 Å². The van der Waals surface area contributed by atoms with Crippen molar-refractivity contribution in [3.63, 3.8) is 0 Å². The lowest BCUT2D eigenvalue weighted by molar-refractivity contribution is -0.152. The molecule has 0 radical (unpaired) electrons. The number of fused-ring (bicyclic) bond motifs is 1. The van der Waals surface area contributed by atoms with Crippen LogP contribution in [0.4, 0.5) is 5.69 Å². The van der Waals surface area contributed by atoms with Crippen LogP contribution in [-0.4, -0.2) is 79.3 Å². The molecule has 2 atom stereocenters. The van der Waals surface area contributed by atoms with Crippen LogP contribution in [0.15, 0.2) is 65.6 Å². The number of nitrogens with zero attached hydrogens (tertiary/aromatic N) is 2. The second-order valence-corrected chi connectivity index (χ2v) is 9.30. The van der Waals surface area contributed by atoms with Gasteiger partial charge in [0, 0.05) is 37.1 Å². The topological polar surface area (TPSA) is 134 Å². The number of ether oxygens (including phenoxy) is 2. The Bertz CT molecular complexity index is 1120. The lowest BCUT2D eigenvalue weighted by Crippen LogP contribution is -2.45. The maximum Gasteiger partial charge on any atom is 0.328 e. The molecule has 1 aliphatic rings. The van der Waals surface area contributed by atoms with Crippen LogP contribution in [0.1, 0.15) is 17.7 Å². The SMILES string of the molecule is COc1ccc([C@@H]2Sc3ccccc3N(CCN(C)C)C(=O)[C@@H]2OC(C)=O)cc1.O=C(O)C=CC(=O)O. The number of hydrogen-bond donors (Lipinski definition) is 2. The van der Waals surface area contributed by atoms with Gasteiger partial charge in [0.15, 0.2) is 6.10 Å². The number of aliphatic carboxylic acids is 2. The molecule has 2 aromatic carbocycles. The fourth-order valence-electron chi connectivity index (χ4n) is 3.38. The quantitative estimate of drug-likeness (QED) is 0.387. The van der Waals surface area contributed by atoms with Crippen LogP contribution in [0.3, 0.4) is 0 Å². The van der Waals surface area contributed by atoms with Crippen molar-refractivity contribution in [3.8, 4) is 5.75 Å². The lowest BCUT2D eigenvalue weighted by atomic mass is 10.1. The first-order valence-corrected chi connectivity index (χ1v) is 12.1. The van der Waals surface area contributed by atoms with Gasteiger partial charge in [-0.2, -0.15) is 0 Å². The molecule has 0 bridgehead atoms. The summed E-state index contributed by atoms with van der Waals surface area (Å²) in [6.45, 7) is 2.55. The maximum atomic E-state index is 13.6. The minimum Gasteiger partial charge on any atom is -0.497 e. The average molecular weight is 531 g/mol. The number of hydrogen-bond acceptors (Lipinski definition) is 8. The van der Waals surface area contributed by atoms with Gasteiger partial charge >= 0.3 is 17.9 Å². The number of amides is 1. The van der Waals surface area contributed by atoms with Crippen molar-refractivity contribution in [2.24, 2.45) is 0 Å². The average Bonchev–Trinajstić information content (AvgIpc) is 2.96. The Morgan fingerprint density at radius 2 is 1.62 bits per heavy atom. The number of likely N-dealkylation sites (N-methyl/N-ethyl adjacent to an activating group) is 1. The van der Waals surface area contributed by atoms with E-state index in [-0.39, 0.29) is 11.2 Å². The van der Waals surface area contributed by atoms with Crippen molar-refractivity contribution in [1.29, 1.82) is 0 Å². The normalized spacial score (nSPS) is 16.9. The van der Waals surface area contributed by atoms with Crippen molar-refractivity contribution in [1.82, 2.24) is 4.90 Å². The maximum absolute atomic E-state index is 13.6. The summed E-state index contributed by atoms with van der Waals surface area (Å²) in [5, 5.41) is 15.3. The molecule has 0 spiro atoms. The van der Waals surface area contributed by atoms with Crippen LogP contribution in [0.5, 0.6) is 5.75 Å². The van der Waals surface area contributed by atoms with Crippen molar-refractivity contribution in [2.75, 3.05) is 39.2 Å². The van der Waals surface area contributed by atoms with E-state index in [1.165, 1.54) is 6.92 Å². The summed E-state index contributed by atoms with van der Waals surface area (Å²) < 4.78 is 10.8. The van der Waals surface area contributed by atoms with Gasteiger partial charge in [-0.05, 0) is 43.9 Å². The van der Waals surface area contributed by atoms with Gasteiger partial charge in [-0.3, -0.25) is 9.59 Å². The molecule has 1 aliphatic heterocycles. The number of para-hydroxylation sites is 1. The molecule has 2 aromatic rings. The van der Waals surface area contributed by atoms with E-state index in [9.17, 15) is 19.2 Å². The molecule has 1 amide bonds. The van der Waals surface area contributed by atoms with Crippen molar-refractivity contribution in [3.05, 3.63) is 66.2 Å². The smallest absolute Gasteiger partial charge is 0.328 e. The second-order valence-electron chi connectivity index (χ2n) is 8.11. The zero-order valence-corrected chi connectivity index (χ0v) is 21.8. The number of rotatable bonds is 8. The number of anilines is 1. The molecule has 0 saturated heterocycles. The Morgan fingerprint density at radius 3 is 2.14 bits per heavy atom. The van der Waals surface area contributed by atoms with Crippen LogP contribution < -0.4 is 9.64 Å². The van der Waals surface area contributed by atoms with E-state index in [1.54, 1.807) is 23.8 Å². The first-order valence-electron chi connectivity index (χ1n) is 11.2. The van der Waals surface area contributed by atoms with Crippen LogP contribution in [0.25, 0.3) is 0 Å². The number of thioether (sulfide) groups is 1. The summed E-state index contributed by atoms with van der Waals surface area (Å²) in [6.07, 6.45) is 0.199. The fraction of sp³-hybridized carbons (Fsp3) is 0.308. The molecular weight excluding hydrogens is 500 g/mol. The second kappa shape index (κ2) is 14.0. The van der Waals surface area contributed by atoms with Crippen LogP contribution in [0, 0.1) is 0 Å². The summed E-state index contributed by atoms with van der Waals surface area (Å²) in [5.74, 6) is -2.46. The highest BCUT2D eigenvalue weighted by atomic mass is 32.2. The molecular formula is C26H30N2O8S. The molecule has 10 nitrogen and oxygen atoms in total. The predicted octanol–water partition coefficient (Wildman–Crippen LogP) is 3.08. The number of esters is 1. The highest BCUT2D eigenvalue weighted by Crippen LogP contribution is 2.46. The van der Waals surface area contributed by atoms with E-state index in [0.717, 1.165) is 21.9 Å². The first-order chi connectivity index (χ1) is 17.5. The molecule has 0 aromatic heterocycles. The molecule has 2 N–H and O–H groups in total. The minimum atomic E-state index is -1.26. The Balaban J connectivity index is 0.000000521. The van der Waals surface area contributed by atoms with E-state index < -0.39 is 24.0 Å². The molecule has 0 unspecified atom stereocenters. The third-order valence-electron chi connectivity index (χ3n) is 5.07. The number of carbonyl (C=O) groups is 4. The fourth-order valence-corrected chi connectivity index (χ4v) is 4.70. The highest BCUT2D eigenvalue weighted by Gasteiger charge is 2.40. The summed E-state index contributed by atoms with van der Waals surface area (Å²) in [6, 6.07) is 15.4. The summed E-state index contributed by atoms with van der Waals surface area (Å²) in [7, 11) is 5.54. The van der Waals surface area contributed by atoms with Gasteiger partial charge in [0.25, 0.3) is 5.91 Å². The largest absolute Gasteiger partial charge is 0.497 e. The molecule has 3 rings (SSSR count). The summed E-state index contributed by atoms with van der Waals surface area (Å²) >= 11 is 1.54. The molecule has 198 valence electrons. The molecule has 1 heterocycles. The van der Waals surface area contributed by atoms with Gasteiger partial charge < -0.3 is 29.5 Å². The number of methoxy groups -OCH3 is 1. The first kappa shape index (κ1) is 29.4. The summed E-state index contributed by atoms with van der Waals surface area (Å²) in [4.78, 5) is 49.3. The highest BCUT2D eigenvalue weighted by molar-refractivity contribution is 7.99. The molecule has 0 fully saturated rings. The van der Waals surface area contributed by atoms with Gasteiger partial charge in [-0.25, -0.2) is 9.59 Å². The van der Waals surface area contributed by atoms with Crippen molar-refractivity contribution < 1.29 is 38.9 Å². The Kier molecular flexibility index (Phi) is 11.2. The molecule has 0 aliphatic carbocycles. The zero-order chi connectivity index (χ0) is 27.5. The van der Waals surface area contributed by atoms with Gasteiger partial charge in [0.05, 0.1) is 18.0 Å². The van der Waals surface area contributed by atoms with Crippen LogP contribution in [0.2, 0.25) is 0 Å². The van der Waals surface area contributed by atoms with Gasteiger partial charge in [-0.1, -0.05) is 24.3 Å². The Hall–Kier alpha value is -3.83. The Morgan fingerprint density at radius 1 is 1.03 bits per heavy atom. The number of carbonyl (C=O) groups excluding carboxylic acids is 2. The number of carboxylic acid groups (broad SMARTS) is 2. The minimum absolute atomic E-state index is 0.208. The van der Waals surface area contributed by atoms with E-state index in [2.05, 4.69) is 0 Å². The van der Waals surface area contributed by atoms with E-state index in [0.29, 0.717) is 25.2 Å². The van der Waals surface area contributed by atoms with E-state index in [1.807, 2.05) is 67.5 Å². The third kappa shape index (κ3) is 8.96. The predicted molar refractivity (Wildman–Crippen MR) is 139 cm³/mol. The lowest BCUT2D eigenvalue weighted by Gasteiger charge is -2.28. The van der Waals surface area contributed by atoms with Gasteiger partial charge in [-0.15, -0.1) is 11.8 Å². The van der Waals surface area contributed by atoms with Gasteiger partial charge in [0.2, 0.25) is 0 Å². The zero-order valence-electron chi connectivity index (χ0n) is 21.0. The van der Waals surface area contributed by atoms with Crippen molar-refractivity contribution in [2.45, 2.75) is 23.2 Å². The van der Waals surface area contributed by atoms with Crippen molar-refractivity contribution >= 4 is 41.3 Å². The van der Waals surface area contributed by atoms with Crippen LogP contribution in [-0.2, 0) is 23.9 Å². The van der Waals surface area contributed by atoms with Crippen LogP contribution >= 0.6 is 11.8 Å². The van der Waals surface area contributed by atoms with Gasteiger partial charge in [0.1, 0.15) is 5.75 Å².